The van der Waals surface area contributed by atoms with Gasteiger partial charge in [-0.1, -0.05) is 66.7 Å². The van der Waals surface area contributed by atoms with Crippen LogP contribution in [0, 0.1) is 17.8 Å². The van der Waals surface area contributed by atoms with E-state index in [1.807, 2.05) is 60.7 Å². The number of para-hydroxylation sites is 1. The molecule has 3 aromatic carbocycles. The Morgan fingerprint density at radius 1 is 0.975 bits per heavy atom. The Hall–Kier alpha value is -4.00. The number of allylic oxidation sites excluding steroid dienone is 1. The second-order valence-electron chi connectivity index (χ2n) is 10.8. The summed E-state index contributed by atoms with van der Waals surface area (Å²) in [5.74, 6) is -0.955. The van der Waals surface area contributed by atoms with Crippen molar-refractivity contribution in [3.63, 3.8) is 0 Å². The number of rotatable bonds is 8. The molecule has 2 saturated heterocycles. The van der Waals surface area contributed by atoms with E-state index in [4.69, 9.17) is 9.47 Å². The summed E-state index contributed by atoms with van der Waals surface area (Å²) in [6, 6.07) is 26.7. The highest BCUT2D eigenvalue weighted by Gasteiger charge is 2.57. The van der Waals surface area contributed by atoms with Gasteiger partial charge in [-0.3, -0.25) is 14.5 Å². The van der Waals surface area contributed by atoms with Crippen LogP contribution in [-0.4, -0.2) is 43.3 Å². The van der Waals surface area contributed by atoms with E-state index in [1.54, 1.807) is 19.2 Å². The topological polar surface area (TPSA) is 76.1 Å². The highest BCUT2D eigenvalue weighted by Crippen LogP contribution is 2.50. The zero-order valence-electron chi connectivity index (χ0n) is 22.5. The van der Waals surface area contributed by atoms with Crippen LogP contribution in [0.5, 0.6) is 5.75 Å². The smallest absolute Gasteiger partial charge is 0.238 e. The minimum Gasteiger partial charge on any atom is -0.508 e. The molecule has 4 atom stereocenters. The molecule has 204 valence electrons. The molecular weight excluding hydrogens is 502 g/mol. The number of anilines is 1. The lowest BCUT2D eigenvalue weighted by Gasteiger charge is -2.31. The number of phenols is 1. The summed E-state index contributed by atoms with van der Waals surface area (Å²) in [5.41, 5.74) is 6.05. The van der Waals surface area contributed by atoms with Crippen LogP contribution < -0.4 is 4.90 Å². The predicted octanol–water partition coefficient (Wildman–Crippen LogP) is 5.88. The van der Waals surface area contributed by atoms with Crippen LogP contribution in [0.1, 0.15) is 30.4 Å². The first-order valence-corrected chi connectivity index (χ1v) is 13.9. The van der Waals surface area contributed by atoms with E-state index in [1.165, 1.54) is 4.90 Å². The van der Waals surface area contributed by atoms with Crippen molar-refractivity contribution in [1.82, 2.24) is 0 Å². The number of imide groups is 1. The number of ether oxygens (including phenoxy) is 2. The van der Waals surface area contributed by atoms with E-state index in [0.717, 1.165) is 40.7 Å². The number of fused-ring (bicyclic) bond motifs is 3. The number of carbonyl (C=O) groups excluding carboxylic acids is 2. The maximum atomic E-state index is 13.7. The molecule has 1 aliphatic carbocycles. The number of hydrogen-bond donors (Lipinski definition) is 1. The number of nitrogens with zero attached hydrogens (tertiary/aromatic N) is 1. The van der Waals surface area contributed by atoms with E-state index in [2.05, 4.69) is 18.2 Å². The molecule has 0 radical (unpaired) electrons. The van der Waals surface area contributed by atoms with Gasteiger partial charge in [0.2, 0.25) is 11.8 Å². The Kier molecular flexibility index (Phi) is 7.37. The van der Waals surface area contributed by atoms with Gasteiger partial charge in [-0.25, -0.2) is 0 Å². The molecule has 3 aliphatic rings. The summed E-state index contributed by atoms with van der Waals surface area (Å²) >= 11 is 0. The maximum absolute atomic E-state index is 13.7. The van der Waals surface area contributed by atoms with Crippen LogP contribution >= 0.6 is 0 Å². The van der Waals surface area contributed by atoms with Crippen LogP contribution in [0.15, 0.2) is 96.1 Å². The van der Waals surface area contributed by atoms with Gasteiger partial charge in [0.05, 0.1) is 36.8 Å². The number of phenolic OH excluding ortho intramolecular Hbond substituents is 1. The summed E-state index contributed by atoms with van der Waals surface area (Å²) in [6.07, 6.45) is 3.96. The number of amides is 2. The van der Waals surface area contributed by atoms with Crippen molar-refractivity contribution in [3.8, 4) is 5.75 Å². The van der Waals surface area contributed by atoms with Crippen LogP contribution in [-0.2, 0) is 19.1 Å². The van der Waals surface area contributed by atoms with Gasteiger partial charge < -0.3 is 14.6 Å². The molecule has 2 fully saturated rings. The van der Waals surface area contributed by atoms with E-state index < -0.39 is 5.92 Å². The Bertz CT molecular complexity index is 1460. The lowest BCUT2D eigenvalue weighted by atomic mass is 9.69. The van der Waals surface area contributed by atoms with E-state index in [9.17, 15) is 14.7 Å². The molecule has 40 heavy (non-hydrogen) atoms. The molecule has 2 amide bonds. The van der Waals surface area contributed by atoms with Gasteiger partial charge >= 0.3 is 0 Å². The number of aromatic hydroxyl groups is 1. The first-order chi connectivity index (χ1) is 19.5. The molecule has 0 aromatic heterocycles. The molecular formula is C34H33NO5. The third-order valence-corrected chi connectivity index (χ3v) is 8.37. The number of benzene rings is 3. The van der Waals surface area contributed by atoms with Gasteiger partial charge in [-0.2, -0.15) is 0 Å². The van der Waals surface area contributed by atoms with Crippen molar-refractivity contribution in [1.29, 1.82) is 0 Å². The van der Waals surface area contributed by atoms with Crippen molar-refractivity contribution in [2.45, 2.75) is 25.4 Å². The Balaban J connectivity index is 1.28. The third-order valence-electron chi connectivity index (χ3n) is 8.37. The number of hydrogen-bond acceptors (Lipinski definition) is 5. The molecule has 2 aliphatic heterocycles. The second kappa shape index (κ2) is 11.2. The first-order valence-electron chi connectivity index (χ1n) is 13.9. The minimum absolute atomic E-state index is 0.127. The maximum Gasteiger partial charge on any atom is 0.238 e. The summed E-state index contributed by atoms with van der Waals surface area (Å²) in [4.78, 5) is 28.6. The third kappa shape index (κ3) is 4.89. The van der Waals surface area contributed by atoms with Crippen molar-refractivity contribution in [2.75, 3.05) is 25.2 Å². The van der Waals surface area contributed by atoms with Crippen LogP contribution in [0.3, 0.4) is 0 Å². The largest absolute Gasteiger partial charge is 0.508 e. The Morgan fingerprint density at radius 3 is 2.45 bits per heavy atom. The SMILES string of the molecule is COCC1=C2[C@@H](CC/C(=C/c3cccc(O)c3)c3ccccc3)OC[C@@H]2[C@@H]2C(=O)N(c3ccccc3)C(=O)[C@@H]2C1. The first kappa shape index (κ1) is 26.2. The van der Waals surface area contributed by atoms with Crippen molar-refractivity contribution in [3.05, 3.63) is 107 Å². The summed E-state index contributed by atoms with van der Waals surface area (Å²) < 4.78 is 12.0. The van der Waals surface area contributed by atoms with E-state index >= 15 is 0 Å². The van der Waals surface area contributed by atoms with Gasteiger partial charge in [-0.05, 0) is 71.4 Å². The van der Waals surface area contributed by atoms with E-state index in [0.29, 0.717) is 25.3 Å². The molecule has 0 saturated carbocycles. The lowest BCUT2D eigenvalue weighted by molar-refractivity contribution is -0.122. The molecule has 1 N–H and O–H groups in total. The quantitative estimate of drug-likeness (QED) is 0.221. The van der Waals surface area contributed by atoms with Crippen molar-refractivity contribution in [2.24, 2.45) is 17.8 Å². The molecule has 0 unspecified atom stereocenters. The van der Waals surface area contributed by atoms with Crippen LogP contribution in [0.25, 0.3) is 11.6 Å². The van der Waals surface area contributed by atoms with Crippen LogP contribution in [0.2, 0.25) is 0 Å². The Morgan fingerprint density at radius 2 is 1.73 bits per heavy atom. The highest BCUT2D eigenvalue weighted by molar-refractivity contribution is 6.22. The molecule has 6 nitrogen and oxygen atoms in total. The summed E-state index contributed by atoms with van der Waals surface area (Å²) in [7, 11) is 1.67. The summed E-state index contributed by atoms with van der Waals surface area (Å²) in [6.45, 7) is 0.847. The van der Waals surface area contributed by atoms with Gasteiger partial charge in [0.15, 0.2) is 0 Å². The van der Waals surface area contributed by atoms with Crippen LogP contribution in [0.4, 0.5) is 5.69 Å². The van der Waals surface area contributed by atoms with Gasteiger partial charge in [0.25, 0.3) is 0 Å². The highest BCUT2D eigenvalue weighted by atomic mass is 16.5. The molecule has 6 rings (SSSR count). The predicted molar refractivity (Wildman–Crippen MR) is 154 cm³/mol. The molecule has 2 heterocycles. The van der Waals surface area contributed by atoms with Gasteiger partial charge in [0, 0.05) is 13.0 Å². The van der Waals surface area contributed by atoms with Crippen molar-refractivity contribution < 1.29 is 24.2 Å². The fourth-order valence-corrected chi connectivity index (χ4v) is 6.67. The number of methoxy groups -OCH3 is 1. The van der Waals surface area contributed by atoms with E-state index in [-0.39, 0.29) is 35.5 Å². The molecule has 0 spiro atoms. The van der Waals surface area contributed by atoms with Gasteiger partial charge in [0.1, 0.15) is 5.75 Å². The zero-order chi connectivity index (χ0) is 27.6. The Labute approximate surface area is 234 Å². The molecule has 0 bridgehead atoms. The monoisotopic (exact) mass is 535 g/mol. The zero-order valence-corrected chi connectivity index (χ0v) is 22.5. The number of carbonyl (C=O) groups is 2. The second-order valence-corrected chi connectivity index (χ2v) is 10.8. The van der Waals surface area contributed by atoms with Gasteiger partial charge in [-0.15, -0.1) is 0 Å². The van der Waals surface area contributed by atoms with Crippen molar-refractivity contribution >= 4 is 29.2 Å². The normalized spacial score (nSPS) is 24.4. The fourth-order valence-electron chi connectivity index (χ4n) is 6.67. The summed E-state index contributed by atoms with van der Waals surface area (Å²) in [5, 5.41) is 9.99. The average Bonchev–Trinajstić information content (AvgIpc) is 3.50. The average molecular weight is 536 g/mol. The fraction of sp³-hybridized carbons (Fsp3) is 0.294. The molecule has 6 heteroatoms. The molecule has 3 aromatic rings. The minimum atomic E-state index is -0.412. The standard InChI is InChI=1S/C34H33NO5/c1-39-20-25-19-28-32(34(38)35(33(28)37)26-12-6-3-7-13-26)29-21-40-30(31(25)29)16-15-24(23-10-4-2-5-11-23)17-22-9-8-14-27(36)18-22/h2-14,17-18,28-30,32,36H,15-16,19-21H2,1H3/b24-17-/t28-,29+,30-,32-/m1/s1. The lowest BCUT2D eigenvalue weighted by Crippen LogP contribution is -2.35.